The number of carbonyl (C=O) groups excluding carboxylic acids is 1. The normalized spacial score (nSPS) is 11.1. The fourth-order valence-electron chi connectivity index (χ4n) is 2.47. The van der Waals surface area contributed by atoms with Crippen molar-refractivity contribution in [1.82, 2.24) is 15.4 Å². The van der Waals surface area contributed by atoms with Gasteiger partial charge in [-0.1, -0.05) is 12.7 Å². The first-order valence-corrected chi connectivity index (χ1v) is 10.4. The molecule has 0 saturated heterocycles. The molecule has 0 saturated carbocycles. The minimum atomic E-state index is -0.333. The van der Waals surface area contributed by atoms with Crippen LogP contribution in [0.4, 0.5) is 5.82 Å². The van der Waals surface area contributed by atoms with Gasteiger partial charge in [-0.15, -0.1) is 11.3 Å². The Morgan fingerprint density at radius 2 is 2.11 bits per heavy atom. The van der Waals surface area contributed by atoms with Crippen molar-refractivity contribution in [2.75, 3.05) is 12.3 Å². The summed E-state index contributed by atoms with van der Waals surface area (Å²) in [6.07, 6.45) is 4.59. The van der Waals surface area contributed by atoms with Gasteiger partial charge in [0.1, 0.15) is 29.3 Å². The van der Waals surface area contributed by atoms with E-state index >= 15 is 0 Å². The van der Waals surface area contributed by atoms with Crippen LogP contribution in [0.15, 0.2) is 45.2 Å². The fraction of sp³-hybridized carbons (Fsp3) is 0.111. The van der Waals surface area contributed by atoms with Gasteiger partial charge >= 0.3 is 0 Å². The summed E-state index contributed by atoms with van der Waals surface area (Å²) in [6.45, 7) is 5.83. The topological polar surface area (TPSA) is 102 Å². The van der Waals surface area contributed by atoms with Crippen LogP contribution in [0.1, 0.15) is 20.8 Å². The zero-order valence-corrected chi connectivity index (χ0v) is 18.7. The molecule has 1 amide bonds. The van der Waals surface area contributed by atoms with E-state index in [0.717, 1.165) is 20.1 Å². The Hall–Kier alpha value is -2.30. The number of nitrogens with two attached hydrogens (primary N) is 1. The molecule has 0 radical (unpaired) electrons. The third kappa shape index (κ3) is 4.23. The number of thiophene rings is 1. The van der Waals surface area contributed by atoms with Crippen LogP contribution in [0.5, 0.6) is 5.75 Å². The van der Waals surface area contributed by atoms with Crippen molar-refractivity contribution in [2.45, 2.75) is 6.92 Å². The monoisotopic (exact) mass is 523 g/mol. The van der Waals surface area contributed by atoms with Gasteiger partial charge in [-0.05, 0) is 62.0 Å². The first-order valence-electron chi connectivity index (χ1n) is 7.98. The number of nitrogens with zero attached hydrogens (tertiary/aromatic N) is 3. The van der Waals surface area contributed by atoms with Gasteiger partial charge < -0.3 is 10.5 Å². The van der Waals surface area contributed by atoms with Gasteiger partial charge in [-0.3, -0.25) is 4.79 Å². The SMILES string of the molecule is C=CCOc1c(Br)cc(/C=N\NC(=O)c2sc3ncnc(N)c3c2C)cc1Br. The number of hydrogen-bond acceptors (Lipinski definition) is 7. The first-order chi connectivity index (χ1) is 13.4. The summed E-state index contributed by atoms with van der Waals surface area (Å²) in [7, 11) is 0. The molecule has 0 atom stereocenters. The molecule has 2 heterocycles. The third-order valence-electron chi connectivity index (χ3n) is 3.71. The van der Waals surface area contributed by atoms with Gasteiger partial charge in [-0.25, -0.2) is 15.4 Å². The lowest BCUT2D eigenvalue weighted by Gasteiger charge is -2.09. The number of ether oxygens (including phenoxy) is 1. The lowest BCUT2D eigenvalue weighted by atomic mass is 10.2. The summed E-state index contributed by atoms with van der Waals surface area (Å²) < 4.78 is 7.09. The molecule has 0 spiro atoms. The summed E-state index contributed by atoms with van der Waals surface area (Å²) in [4.78, 5) is 21.8. The Bertz CT molecular complexity index is 1070. The second kappa shape index (κ2) is 8.80. The van der Waals surface area contributed by atoms with Gasteiger partial charge in [0.15, 0.2) is 0 Å². The van der Waals surface area contributed by atoms with Crippen molar-refractivity contribution in [2.24, 2.45) is 5.10 Å². The molecule has 3 N–H and O–H groups in total. The van der Waals surface area contributed by atoms with Crippen LogP contribution in [0.25, 0.3) is 10.2 Å². The number of fused-ring (bicyclic) bond motifs is 1. The average molecular weight is 525 g/mol. The number of benzene rings is 1. The number of aromatic nitrogens is 2. The van der Waals surface area contributed by atoms with Crippen LogP contribution in [0.3, 0.4) is 0 Å². The van der Waals surface area contributed by atoms with Crippen LogP contribution in [-0.4, -0.2) is 28.7 Å². The van der Waals surface area contributed by atoms with Crippen molar-refractivity contribution in [3.05, 3.63) is 56.1 Å². The number of anilines is 1. The van der Waals surface area contributed by atoms with Crippen LogP contribution >= 0.6 is 43.2 Å². The average Bonchev–Trinajstić information content (AvgIpc) is 2.99. The van der Waals surface area contributed by atoms with Crippen LogP contribution in [0, 0.1) is 6.92 Å². The third-order valence-corrected chi connectivity index (χ3v) is 6.08. The minimum absolute atomic E-state index is 0.333. The van der Waals surface area contributed by atoms with E-state index in [2.05, 4.69) is 58.9 Å². The lowest BCUT2D eigenvalue weighted by molar-refractivity contribution is 0.0958. The Balaban J connectivity index is 1.76. The molecular weight excluding hydrogens is 510 g/mol. The Morgan fingerprint density at radius 1 is 1.39 bits per heavy atom. The molecule has 0 aliphatic heterocycles. The van der Waals surface area contributed by atoms with Gasteiger partial charge in [0.05, 0.1) is 25.4 Å². The van der Waals surface area contributed by atoms with Gasteiger partial charge in [0, 0.05) is 0 Å². The summed E-state index contributed by atoms with van der Waals surface area (Å²) in [5.41, 5.74) is 9.93. The fourth-order valence-corrected chi connectivity index (χ4v) is 4.96. The smallest absolute Gasteiger partial charge is 0.281 e. The van der Waals surface area contributed by atoms with E-state index in [1.165, 1.54) is 17.7 Å². The lowest BCUT2D eigenvalue weighted by Crippen LogP contribution is -2.17. The molecule has 3 aromatic rings. The summed E-state index contributed by atoms with van der Waals surface area (Å²) in [5.74, 6) is 0.690. The molecule has 2 aromatic heterocycles. The number of nitrogen functional groups attached to an aromatic ring is 1. The predicted octanol–water partition coefficient (Wildman–Crippen LogP) is 4.44. The largest absolute Gasteiger partial charge is 0.487 e. The summed E-state index contributed by atoms with van der Waals surface area (Å²) >= 11 is 8.17. The number of carbonyl (C=O) groups is 1. The highest BCUT2D eigenvalue weighted by atomic mass is 79.9. The molecule has 0 aliphatic rings. The van der Waals surface area contributed by atoms with E-state index in [0.29, 0.717) is 33.3 Å². The zero-order valence-electron chi connectivity index (χ0n) is 14.7. The number of amides is 1. The van der Waals surface area contributed by atoms with Gasteiger partial charge in [0.2, 0.25) is 0 Å². The number of aryl methyl sites for hydroxylation is 1. The van der Waals surface area contributed by atoms with E-state index in [1.54, 1.807) is 12.3 Å². The second-order valence-corrected chi connectivity index (χ2v) is 8.32. The maximum atomic E-state index is 12.5. The predicted molar refractivity (Wildman–Crippen MR) is 119 cm³/mol. The van der Waals surface area contributed by atoms with Crippen molar-refractivity contribution in [1.29, 1.82) is 0 Å². The molecule has 144 valence electrons. The highest BCUT2D eigenvalue weighted by Crippen LogP contribution is 2.34. The number of hydrazone groups is 1. The molecule has 10 heteroatoms. The molecule has 3 rings (SSSR count). The zero-order chi connectivity index (χ0) is 20.3. The van der Waals surface area contributed by atoms with Gasteiger partial charge in [0.25, 0.3) is 5.91 Å². The van der Waals surface area contributed by atoms with Crippen molar-refractivity contribution in [3.8, 4) is 5.75 Å². The maximum Gasteiger partial charge on any atom is 0.281 e. The number of halogens is 2. The quantitative estimate of drug-likeness (QED) is 0.282. The number of nitrogens with one attached hydrogen (secondary N) is 1. The second-order valence-electron chi connectivity index (χ2n) is 5.61. The minimum Gasteiger partial charge on any atom is -0.487 e. The summed E-state index contributed by atoms with van der Waals surface area (Å²) in [5, 5.41) is 4.74. The van der Waals surface area contributed by atoms with Crippen molar-refractivity contribution >= 4 is 71.4 Å². The highest BCUT2D eigenvalue weighted by molar-refractivity contribution is 9.11. The molecule has 0 bridgehead atoms. The van der Waals surface area contributed by atoms with E-state index in [4.69, 9.17) is 10.5 Å². The molecule has 1 aromatic carbocycles. The van der Waals surface area contributed by atoms with Crippen LogP contribution < -0.4 is 15.9 Å². The first kappa shape index (κ1) is 20.4. The summed E-state index contributed by atoms with van der Waals surface area (Å²) in [6, 6.07) is 3.67. The van der Waals surface area contributed by atoms with E-state index in [-0.39, 0.29) is 5.91 Å². The number of rotatable bonds is 6. The number of hydrogen-bond donors (Lipinski definition) is 2. The Kier molecular flexibility index (Phi) is 6.42. The van der Waals surface area contributed by atoms with Crippen LogP contribution in [-0.2, 0) is 0 Å². The Morgan fingerprint density at radius 3 is 2.75 bits per heavy atom. The standard InChI is InChI=1S/C18H15Br2N5O2S/c1-3-4-27-14-11(19)5-10(6-12(14)20)7-24-25-17(26)15-9(2)13-16(21)22-8-23-18(13)28-15/h3,5-8H,1,4H2,2H3,(H,25,26)(H2,21,22,23)/b24-7-. The maximum absolute atomic E-state index is 12.5. The van der Waals surface area contributed by atoms with Gasteiger partial charge in [-0.2, -0.15) is 5.10 Å². The van der Waals surface area contributed by atoms with E-state index in [9.17, 15) is 4.79 Å². The van der Waals surface area contributed by atoms with E-state index in [1.807, 2.05) is 19.1 Å². The van der Waals surface area contributed by atoms with E-state index < -0.39 is 0 Å². The highest BCUT2D eigenvalue weighted by Gasteiger charge is 2.18. The Labute approximate surface area is 182 Å². The van der Waals surface area contributed by atoms with Crippen LogP contribution in [0.2, 0.25) is 0 Å². The molecular formula is C18H15Br2N5O2S. The molecule has 0 unspecified atom stereocenters. The van der Waals surface area contributed by atoms with Crippen molar-refractivity contribution in [3.63, 3.8) is 0 Å². The molecule has 7 nitrogen and oxygen atoms in total. The molecule has 0 fully saturated rings. The van der Waals surface area contributed by atoms with Crippen molar-refractivity contribution < 1.29 is 9.53 Å². The molecule has 0 aliphatic carbocycles. The molecule has 28 heavy (non-hydrogen) atoms.